The predicted molar refractivity (Wildman–Crippen MR) is 52.2 cm³/mol. The van der Waals surface area contributed by atoms with Gasteiger partial charge in [-0.15, -0.1) is 0 Å². The second kappa shape index (κ2) is 4.21. The van der Waals surface area contributed by atoms with Crippen molar-refractivity contribution in [3.63, 3.8) is 0 Å². The van der Waals surface area contributed by atoms with Crippen LogP contribution in [0.4, 0.5) is 0 Å². The molecule has 3 atom stereocenters. The molecular formula is C11H16O4. The number of hydrogen-bond donors (Lipinski definition) is 1. The Balaban J connectivity index is 1.73. The van der Waals surface area contributed by atoms with E-state index in [1.54, 1.807) is 0 Å². The molecule has 0 aromatic rings. The molecule has 1 N–H and O–H groups in total. The van der Waals surface area contributed by atoms with Gasteiger partial charge in [-0.3, -0.25) is 9.59 Å². The summed E-state index contributed by atoms with van der Waals surface area (Å²) in [4.78, 5) is 21.6. The molecule has 0 aliphatic heterocycles. The van der Waals surface area contributed by atoms with Crippen molar-refractivity contribution in [1.29, 1.82) is 0 Å². The second-order valence-electron chi connectivity index (χ2n) is 4.60. The Morgan fingerprint density at radius 1 is 1.20 bits per heavy atom. The molecule has 2 rings (SSSR count). The number of aliphatic carboxylic acids is 1. The molecule has 2 fully saturated rings. The molecule has 0 amide bonds. The molecule has 0 radical (unpaired) electrons. The fourth-order valence-corrected chi connectivity index (χ4v) is 2.77. The van der Waals surface area contributed by atoms with Crippen LogP contribution >= 0.6 is 0 Å². The molecule has 15 heavy (non-hydrogen) atoms. The van der Waals surface area contributed by atoms with E-state index in [4.69, 9.17) is 9.84 Å². The van der Waals surface area contributed by atoms with Crippen LogP contribution in [-0.2, 0) is 14.3 Å². The van der Waals surface area contributed by atoms with Crippen LogP contribution in [-0.4, -0.2) is 23.1 Å². The van der Waals surface area contributed by atoms with Crippen molar-refractivity contribution >= 4 is 11.9 Å². The van der Waals surface area contributed by atoms with Crippen molar-refractivity contribution < 1.29 is 19.4 Å². The molecule has 0 aromatic heterocycles. The number of carboxylic acid groups (broad SMARTS) is 1. The first-order valence-corrected chi connectivity index (χ1v) is 5.56. The number of rotatable bonds is 4. The lowest BCUT2D eigenvalue weighted by atomic mass is 9.98. The van der Waals surface area contributed by atoms with Crippen LogP contribution in [0.1, 0.15) is 38.5 Å². The molecule has 0 unspecified atom stereocenters. The van der Waals surface area contributed by atoms with Crippen molar-refractivity contribution in [2.45, 2.75) is 44.6 Å². The predicted octanol–water partition coefficient (Wildman–Crippen LogP) is 1.58. The molecule has 2 bridgehead atoms. The Labute approximate surface area is 88.6 Å². The monoisotopic (exact) mass is 212 g/mol. The summed E-state index contributed by atoms with van der Waals surface area (Å²) in [5.41, 5.74) is 0. The molecule has 0 spiro atoms. The van der Waals surface area contributed by atoms with Crippen LogP contribution in [0.2, 0.25) is 0 Å². The Bertz CT molecular complexity index is 274. The SMILES string of the molecule is O=C(O)CCC(=O)O[C@@H]1C[C@H]2CC[C@H]1C2. The molecule has 4 heteroatoms. The number of carbonyl (C=O) groups is 2. The molecule has 2 aliphatic carbocycles. The van der Waals surface area contributed by atoms with Crippen molar-refractivity contribution in [3.8, 4) is 0 Å². The summed E-state index contributed by atoms with van der Waals surface area (Å²) in [6.45, 7) is 0. The van der Waals surface area contributed by atoms with Gasteiger partial charge in [0.2, 0.25) is 0 Å². The van der Waals surface area contributed by atoms with E-state index in [0.29, 0.717) is 5.92 Å². The van der Waals surface area contributed by atoms with Gasteiger partial charge in [-0.25, -0.2) is 0 Å². The van der Waals surface area contributed by atoms with Gasteiger partial charge in [0.25, 0.3) is 0 Å². The lowest BCUT2D eigenvalue weighted by Gasteiger charge is -2.21. The zero-order chi connectivity index (χ0) is 10.8. The van der Waals surface area contributed by atoms with E-state index >= 15 is 0 Å². The Morgan fingerprint density at radius 2 is 2.00 bits per heavy atom. The van der Waals surface area contributed by atoms with Crippen LogP contribution in [0.5, 0.6) is 0 Å². The molecule has 0 saturated heterocycles. The average Bonchev–Trinajstić information content (AvgIpc) is 2.76. The van der Waals surface area contributed by atoms with Crippen molar-refractivity contribution in [2.75, 3.05) is 0 Å². The number of esters is 1. The number of ether oxygens (including phenoxy) is 1. The Hall–Kier alpha value is -1.06. The highest BCUT2D eigenvalue weighted by Gasteiger charge is 2.41. The van der Waals surface area contributed by atoms with Gasteiger partial charge in [-0.2, -0.15) is 0 Å². The fraction of sp³-hybridized carbons (Fsp3) is 0.818. The number of carbonyl (C=O) groups excluding carboxylic acids is 1. The van der Waals surface area contributed by atoms with Crippen molar-refractivity contribution in [1.82, 2.24) is 0 Å². The maximum absolute atomic E-state index is 11.3. The van der Waals surface area contributed by atoms with Crippen LogP contribution in [0, 0.1) is 11.8 Å². The van der Waals surface area contributed by atoms with Crippen molar-refractivity contribution in [2.24, 2.45) is 11.8 Å². The van der Waals surface area contributed by atoms with Crippen LogP contribution in [0.25, 0.3) is 0 Å². The van der Waals surface area contributed by atoms with E-state index in [-0.39, 0.29) is 24.9 Å². The molecule has 2 saturated carbocycles. The standard InChI is InChI=1S/C11H16O4/c12-10(13)3-4-11(14)15-9-6-7-1-2-8(9)5-7/h7-9H,1-6H2,(H,12,13)/t7-,8-,9+/m0/s1. The van der Waals surface area contributed by atoms with Gasteiger partial charge >= 0.3 is 11.9 Å². The number of hydrogen-bond acceptors (Lipinski definition) is 3. The summed E-state index contributed by atoms with van der Waals surface area (Å²) in [6, 6.07) is 0. The molecule has 0 heterocycles. The normalized spacial score (nSPS) is 32.9. The van der Waals surface area contributed by atoms with E-state index in [2.05, 4.69) is 0 Å². The number of fused-ring (bicyclic) bond motifs is 2. The topological polar surface area (TPSA) is 63.6 Å². The second-order valence-corrected chi connectivity index (χ2v) is 4.60. The summed E-state index contributed by atoms with van der Waals surface area (Å²) in [6.07, 6.45) is 4.57. The number of carboxylic acids is 1. The lowest BCUT2D eigenvalue weighted by molar-refractivity contribution is -0.154. The third kappa shape index (κ3) is 2.49. The van der Waals surface area contributed by atoms with E-state index in [1.807, 2.05) is 0 Å². The van der Waals surface area contributed by atoms with Gasteiger partial charge in [0.05, 0.1) is 12.8 Å². The smallest absolute Gasteiger partial charge is 0.306 e. The minimum absolute atomic E-state index is 0.00319. The third-order valence-electron chi connectivity index (χ3n) is 3.50. The van der Waals surface area contributed by atoms with E-state index in [0.717, 1.165) is 12.3 Å². The lowest BCUT2D eigenvalue weighted by Crippen LogP contribution is -2.24. The van der Waals surface area contributed by atoms with E-state index in [9.17, 15) is 9.59 Å². The highest BCUT2D eigenvalue weighted by Crippen LogP contribution is 2.45. The van der Waals surface area contributed by atoms with Crippen LogP contribution in [0.15, 0.2) is 0 Å². The highest BCUT2D eigenvalue weighted by molar-refractivity contribution is 5.76. The Kier molecular flexibility index (Phi) is 2.93. The van der Waals surface area contributed by atoms with Crippen LogP contribution < -0.4 is 0 Å². The van der Waals surface area contributed by atoms with Crippen molar-refractivity contribution in [3.05, 3.63) is 0 Å². The maximum atomic E-state index is 11.3. The first kappa shape index (κ1) is 10.5. The van der Waals surface area contributed by atoms with Gasteiger partial charge in [0.15, 0.2) is 0 Å². The summed E-state index contributed by atoms with van der Waals surface area (Å²) in [7, 11) is 0. The van der Waals surface area contributed by atoms with Gasteiger partial charge in [0, 0.05) is 0 Å². The van der Waals surface area contributed by atoms with Crippen LogP contribution in [0.3, 0.4) is 0 Å². The Morgan fingerprint density at radius 3 is 2.53 bits per heavy atom. The fourth-order valence-electron chi connectivity index (χ4n) is 2.77. The molecule has 2 aliphatic rings. The minimum Gasteiger partial charge on any atom is -0.481 e. The van der Waals surface area contributed by atoms with Gasteiger partial charge < -0.3 is 9.84 Å². The van der Waals surface area contributed by atoms with E-state index < -0.39 is 5.97 Å². The molecule has 84 valence electrons. The summed E-state index contributed by atoms with van der Waals surface area (Å²) in [5.74, 6) is -0.00843. The summed E-state index contributed by atoms with van der Waals surface area (Å²) in [5, 5.41) is 8.42. The molecule has 4 nitrogen and oxygen atoms in total. The van der Waals surface area contributed by atoms with Gasteiger partial charge in [0.1, 0.15) is 6.10 Å². The van der Waals surface area contributed by atoms with E-state index in [1.165, 1.54) is 19.3 Å². The van der Waals surface area contributed by atoms with Gasteiger partial charge in [-0.1, -0.05) is 0 Å². The quantitative estimate of drug-likeness (QED) is 0.718. The summed E-state index contributed by atoms with van der Waals surface area (Å²) < 4.78 is 5.29. The maximum Gasteiger partial charge on any atom is 0.306 e. The zero-order valence-corrected chi connectivity index (χ0v) is 8.65. The first-order chi connectivity index (χ1) is 7.15. The summed E-state index contributed by atoms with van der Waals surface area (Å²) >= 11 is 0. The largest absolute Gasteiger partial charge is 0.481 e. The third-order valence-corrected chi connectivity index (χ3v) is 3.50. The molecular weight excluding hydrogens is 196 g/mol. The van der Waals surface area contributed by atoms with Gasteiger partial charge in [-0.05, 0) is 37.5 Å². The average molecular weight is 212 g/mol. The molecule has 0 aromatic carbocycles. The first-order valence-electron chi connectivity index (χ1n) is 5.56. The zero-order valence-electron chi connectivity index (χ0n) is 8.65. The highest BCUT2D eigenvalue weighted by atomic mass is 16.5. The minimum atomic E-state index is -0.945.